The molecule has 0 saturated heterocycles. The zero-order chi connectivity index (χ0) is 7.98. The Hall–Kier alpha value is -0.330. The Morgan fingerprint density at radius 1 is 1.60 bits per heavy atom. The lowest BCUT2D eigenvalue weighted by atomic mass is 10.6. The molecule has 0 radical (unpaired) electrons. The zero-order valence-corrected chi connectivity index (χ0v) is 7.67. The van der Waals surface area contributed by atoms with Gasteiger partial charge < -0.3 is 10.1 Å². The van der Waals surface area contributed by atoms with Crippen LogP contribution in [-0.2, 0) is 9.53 Å². The van der Waals surface area contributed by atoms with Crippen molar-refractivity contribution in [2.75, 3.05) is 13.2 Å². The molecule has 0 aromatic heterocycles. The van der Waals surface area contributed by atoms with Crippen LogP contribution in [0.15, 0.2) is 0 Å². The minimum Gasteiger partial charge on any atom is -0.456 e. The molecule has 0 aliphatic carbocycles. The Balaban J connectivity index is 3.06. The summed E-state index contributed by atoms with van der Waals surface area (Å²) < 4.78 is 4.17. The lowest BCUT2D eigenvalue weighted by Gasteiger charge is -2.00. The van der Waals surface area contributed by atoms with Gasteiger partial charge in [0.15, 0.2) is 0 Å². The maximum absolute atomic E-state index is 10.2. The van der Waals surface area contributed by atoms with Crippen LogP contribution >= 0.6 is 22.6 Å². The van der Waals surface area contributed by atoms with Crippen LogP contribution < -0.4 is 5.32 Å². The van der Waals surface area contributed by atoms with Crippen molar-refractivity contribution in [1.82, 2.24) is 5.32 Å². The van der Waals surface area contributed by atoms with Crippen LogP contribution in [0.4, 0.5) is 4.79 Å². The molecular formula is C5H8INO3. The van der Waals surface area contributed by atoms with E-state index in [0.29, 0.717) is 6.54 Å². The monoisotopic (exact) mass is 257 g/mol. The molecule has 0 aromatic rings. The van der Waals surface area contributed by atoms with Crippen LogP contribution in [0.25, 0.3) is 0 Å². The van der Waals surface area contributed by atoms with E-state index in [-0.39, 0.29) is 16.5 Å². The van der Waals surface area contributed by atoms with Crippen LogP contribution in [-0.4, -0.2) is 23.0 Å². The fourth-order valence-corrected chi connectivity index (χ4v) is 0.579. The predicted octanol–water partition coefficient (Wildman–Crippen LogP) is 0.694. The van der Waals surface area contributed by atoms with E-state index < -0.39 is 0 Å². The van der Waals surface area contributed by atoms with Crippen molar-refractivity contribution in [1.29, 1.82) is 0 Å². The molecule has 0 heterocycles. The molecule has 10 heavy (non-hydrogen) atoms. The standard InChI is InChI=1S/C5H8INO3/c1-4(8)7-2-3-10-5(6)9/h2-3H2,1H3,(H,7,8). The Morgan fingerprint density at radius 3 is 2.60 bits per heavy atom. The zero-order valence-electron chi connectivity index (χ0n) is 5.52. The summed E-state index contributed by atoms with van der Waals surface area (Å²) >= 11 is 1.53. The number of amides is 1. The third kappa shape index (κ3) is 7.67. The van der Waals surface area contributed by atoms with Crippen LogP contribution in [0.1, 0.15) is 6.92 Å². The molecule has 4 nitrogen and oxygen atoms in total. The van der Waals surface area contributed by atoms with Gasteiger partial charge in [-0.3, -0.25) is 4.79 Å². The third-order valence-electron chi connectivity index (χ3n) is 0.692. The molecule has 0 rings (SSSR count). The van der Waals surface area contributed by atoms with E-state index in [2.05, 4.69) is 10.1 Å². The largest absolute Gasteiger partial charge is 0.456 e. The van der Waals surface area contributed by atoms with Crippen molar-refractivity contribution in [3.05, 3.63) is 0 Å². The second-order valence-electron chi connectivity index (χ2n) is 1.57. The third-order valence-corrected chi connectivity index (χ3v) is 1.00. The molecule has 0 unspecified atom stereocenters. The van der Waals surface area contributed by atoms with Gasteiger partial charge in [0, 0.05) is 6.92 Å². The summed E-state index contributed by atoms with van der Waals surface area (Å²) in [6.45, 7) is 2.03. The number of rotatable bonds is 3. The summed E-state index contributed by atoms with van der Waals surface area (Å²) in [6, 6.07) is 0. The van der Waals surface area contributed by atoms with Crippen LogP contribution in [0.2, 0.25) is 0 Å². The summed E-state index contributed by atoms with van der Waals surface area (Å²) in [5.74, 6) is -0.121. The summed E-state index contributed by atoms with van der Waals surface area (Å²) in [6.07, 6.45) is 0. The molecule has 0 fully saturated rings. The van der Waals surface area contributed by atoms with Gasteiger partial charge in [-0.05, 0) is 0 Å². The molecule has 0 aliphatic rings. The van der Waals surface area contributed by atoms with Crippen molar-refractivity contribution >= 4 is 32.5 Å². The SMILES string of the molecule is CC(=O)NCCOC(=O)I. The van der Waals surface area contributed by atoms with Crippen LogP contribution in [0, 0.1) is 0 Å². The molecule has 58 valence electrons. The maximum atomic E-state index is 10.2. The van der Waals surface area contributed by atoms with Crippen LogP contribution in [0.5, 0.6) is 0 Å². The fraction of sp³-hybridized carbons (Fsp3) is 0.600. The second kappa shape index (κ2) is 5.45. The van der Waals surface area contributed by atoms with E-state index in [1.165, 1.54) is 29.5 Å². The van der Waals surface area contributed by atoms with Gasteiger partial charge in [0.1, 0.15) is 6.61 Å². The van der Waals surface area contributed by atoms with Crippen molar-refractivity contribution in [3.8, 4) is 0 Å². The average Bonchev–Trinajstić information content (AvgIpc) is 1.79. The van der Waals surface area contributed by atoms with Gasteiger partial charge in [-0.25, -0.2) is 4.79 Å². The lowest BCUT2D eigenvalue weighted by Crippen LogP contribution is -2.24. The molecule has 1 N–H and O–H groups in total. The highest BCUT2D eigenvalue weighted by Gasteiger charge is 1.93. The van der Waals surface area contributed by atoms with Gasteiger partial charge >= 0.3 is 3.98 Å². The molecule has 0 spiro atoms. The first-order valence-electron chi connectivity index (χ1n) is 2.69. The van der Waals surface area contributed by atoms with Gasteiger partial charge in [-0.2, -0.15) is 0 Å². The highest BCUT2D eigenvalue weighted by molar-refractivity contribution is 14.1. The van der Waals surface area contributed by atoms with Gasteiger partial charge in [0.2, 0.25) is 5.91 Å². The minimum atomic E-state index is -0.358. The molecule has 5 heteroatoms. The average molecular weight is 257 g/mol. The molecule has 0 aromatic carbocycles. The molecule has 1 amide bonds. The topological polar surface area (TPSA) is 55.4 Å². The number of carbonyl (C=O) groups is 2. The molecular weight excluding hydrogens is 249 g/mol. The lowest BCUT2D eigenvalue weighted by molar-refractivity contribution is -0.119. The Labute approximate surface area is 72.4 Å². The number of hydrogen-bond acceptors (Lipinski definition) is 3. The summed E-state index contributed by atoms with van der Waals surface area (Å²) in [5, 5.41) is 2.48. The minimum absolute atomic E-state index is 0.121. The summed E-state index contributed by atoms with van der Waals surface area (Å²) in [7, 11) is 0. The van der Waals surface area contributed by atoms with E-state index in [9.17, 15) is 9.59 Å². The Morgan fingerprint density at radius 2 is 2.20 bits per heavy atom. The highest BCUT2D eigenvalue weighted by atomic mass is 127. The normalized spacial score (nSPS) is 8.60. The number of nitrogens with one attached hydrogen (secondary N) is 1. The van der Waals surface area contributed by atoms with Crippen molar-refractivity contribution < 1.29 is 14.3 Å². The molecule has 0 saturated carbocycles. The number of carbonyl (C=O) groups excluding carboxylic acids is 2. The number of halogens is 1. The smallest absolute Gasteiger partial charge is 0.367 e. The number of hydrogen-bond donors (Lipinski definition) is 1. The van der Waals surface area contributed by atoms with E-state index in [1.54, 1.807) is 0 Å². The fourth-order valence-electron chi connectivity index (χ4n) is 0.358. The first-order chi connectivity index (χ1) is 4.63. The summed E-state index contributed by atoms with van der Waals surface area (Å²) in [4.78, 5) is 20.4. The predicted molar refractivity (Wildman–Crippen MR) is 44.1 cm³/mol. The van der Waals surface area contributed by atoms with Crippen molar-refractivity contribution in [3.63, 3.8) is 0 Å². The van der Waals surface area contributed by atoms with Gasteiger partial charge in [0.25, 0.3) is 0 Å². The quantitative estimate of drug-likeness (QED) is 0.460. The van der Waals surface area contributed by atoms with Gasteiger partial charge in [-0.1, -0.05) is 0 Å². The van der Waals surface area contributed by atoms with Crippen LogP contribution in [0.3, 0.4) is 0 Å². The first-order valence-corrected chi connectivity index (χ1v) is 3.77. The molecule has 0 bridgehead atoms. The van der Waals surface area contributed by atoms with Crippen molar-refractivity contribution in [2.45, 2.75) is 6.92 Å². The van der Waals surface area contributed by atoms with Gasteiger partial charge in [-0.15, -0.1) is 0 Å². The highest BCUT2D eigenvalue weighted by Crippen LogP contribution is 1.89. The van der Waals surface area contributed by atoms with E-state index in [1.807, 2.05) is 0 Å². The first kappa shape index (κ1) is 9.67. The Bertz CT molecular complexity index is 121. The number of ether oxygens (including phenoxy) is 1. The van der Waals surface area contributed by atoms with Crippen molar-refractivity contribution in [2.24, 2.45) is 0 Å². The maximum Gasteiger partial charge on any atom is 0.367 e. The van der Waals surface area contributed by atoms with E-state index in [4.69, 9.17) is 0 Å². The molecule has 0 atom stereocenters. The van der Waals surface area contributed by atoms with E-state index in [0.717, 1.165) is 0 Å². The van der Waals surface area contributed by atoms with E-state index >= 15 is 0 Å². The molecule has 0 aliphatic heterocycles. The summed E-state index contributed by atoms with van der Waals surface area (Å²) in [5.41, 5.74) is 0. The van der Waals surface area contributed by atoms with Gasteiger partial charge in [0.05, 0.1) is 29.1 Å². The second-order valence-corrected chi connectivity index (χ2v) is 2.45. The Kier molecular flexibility index (Phi) is 5.27.